The average Bonchev–Trinajstić information content (AvgIpc) is 2.24. The third kappa shape index (κ3) is 3.21. The van der Waals surface area contributed by atoms with E-state index in [-0.39, 0.29) is 0 Å². The molecule has 1 saturated heterocycles. The summed E-state index contributed by atoms with van der Waals surface area (Å²) >= 11 is 0. The molecular formula is C14H29N3. The predicted octanol–water partition coefficient (Wildman–Crippen LogP) is 1.40. The summed E-state index contributed by atoms with van der Waals surface area (Å²) in [7, 11) is 6.81. The molecule has 3 nitrogen and oxygen atoms in total. The Morgan fingerprint density at radius 3 is 2.24 bits per heavy atom. The van der Waals surface area contributed by atoms with Crippen LogP contribution >= 0.6 is 0 Å². The zero-order valence-electron chi connectivity index (χ0n) is 11.8. The van der Waals surface area contributed by atoms with Gasteiger partial charge in [0.25, 0.3) is 0 Å². The van der Waals surface area contributed by atoms with E-state index >= 15 is 0 Å². The van der Waals surface area contributed by atoms with Crippen molar-refractivity contribution < 1.29 is 0 Å². The van der Waals surface area contributed by atoms with Crippen LogP contribution in [0.25, 0.3) is 0 Å². The molecule has 17 heavy (non-hydrogen) atoms. The van der Waals surface area contributed by atoms with Crippen LogP contribution in [-0.4, -0.2) is 62.7 Å². The Balaban J connectivity index is 1.77. The van der Waals surface area contributed by atoms with Crippen molar-refractivity contribution >= 4 is 0 Å². The first-order chi connectivity index (χ1) is 8.12. The lowest BCUT2D eigenvalue weighted by Crippen LogP contribution is -2.57. The van der Waals surface area contributed by atoms with Crippen LogP contribution in [0, 0.1) is 5.92 Å². The van der Waals surface area contributed by atoms with Crippen LogP contribution in [0.5, 0.6) is 0 Å². The Hall–Kier alpha value is -0.120. The van der Waals surface area contributed by atoms with Gasteiger partial charge < -0.3 is 15.1 Å². The molecule has 0 aromatic heterocycles. The fourth-order valence-corrected chi connectivity index (χ4v) is 3.40. The van der Waals surface area contributed by atoms with Crippen molar-refractivity contribution in [3.05, 3.63) is 0 Å². The zero-order chi connectivity index (χ0) is 12.3. The van der Waals surface area contributed by atoms with Gasteiger partial charge in [-0.1, -0.05) is 0 Å². The molecule has 0 atom stereocenters. The Labute approximate surface area is 107 Å². The Morgan fingerprint density at radius 2 is 1.76 bits per heavy atom. The fraction of sp³-hybridized carbons (Fsp3) is 1.00. The largest absolute Gasteiger partial charge is 0.317 e. The molecule has 0 amide bonds. The number of likely N-dealkylation sites (N-methyl/N-ethyl adjacent to an activating group) is 2. The minimum Gasteiger partial charge on any atom is -0.317 e. The molecule has 2 rings (SSSR count). The maximum absolute atomic E-state index is 3.45. The molecule has 0 aromatic rings. The highest BCUT2D eigenvalue weighted by molar-refractivity contribution is 4.98. The first-order valence-corrected chi connectivity index (χ1v) is 7.19. The number of rotatable bonds is 5. The number of hydrogen-bond donors (Lipinski definition) is 1. The lowest BCUT2D eigenvalue weighted by Gasteiger charge is -2.49. The third-order valence-electron chi connectivity index (χ3n) is 4.83. The van der Waals surface area contributed by atoms with E-state index in [0.717, 1.165) is 5.92 Å². The van der Waals surface area contributed by atoms with Crippen LogP contribution in [0.15, 0.2) is 0 Å². The van der Waals surface area contributed by atoms with Gasteiger partial charge in [0.05, 0.1) is 0 Å². The molecule has 0 bridgehead atoms. The minimum absolute atomic E-state index is 0.488. The van der Waals surface area contributed by atoms with Gasteiger partial charge in [-0.2, -0.15) is 0 Å². The number of hydrogen-bond acceptors (Lipinski definition) is 3. The maximum atomic E-state index is 3.45. The Bertz CT molecular complexity index is 230. The molecule has 1 N–H and O–H groups in total. The second-order valence-corrected chi connectivity index (χ2v) is 6.36. The molecule has 1 aliphatic heterocycles. The molecule has 1 aliphatic carbocycles. The zero-order valence-corrected chi connectivity index (χ0v) is 11.8. The number of nitrogens with one attached hydrogen (secondary N) is 1. The van der Waals surface area contributed by atoms with Crippen molar-refractivity contribution in [3.63, 3.8) is 0 Å². The predicted molar refractivity (Wildman–Crippen MR) is 73.4 cm³/mol. The Kier molecular flexibility index (Phi) is 4.45. The highest BCUT2D eigenvalue weighted by atomic mass is 15.2. The van der Waals surface area contributed by atoms with Crippen molar-refractivity contribution in [2.75, 3.05) is 47.3 Å². The van der Waals surface area contributed by atoms with Gasteiger partial charge in [-0.05, 0) is 72.3 Å². The highest BCUT2D eigenvalue weighted by Crippen LogP contribution is 2.36. The van der Waals surface area contributed by atoms with Gasteiger partial charge in [0, 0.05) is 18.6 Å². The maximum Gasteiger partial charge on any atom is 0.0330 e. The molecular weight excluding hydrogens is 210 g/mol. The lowest BCUT2D eigenvalue weighted by atomic mass is 9.75. The number of piperidine rings is 1. The van der Waals surface area contributed by atoms with Gasteiger partial charge in [-0.25, -0.2) is 0 Å². The second kappa shape index (κ2) is 5.68. The molecule has 100 valence electrons. The summed E-state index contributed by atoms with van der Waals surface area (Å²) in [5.41, 5.74) is 0.488. The molecule has 0 unspecified atom stereocenters. The van der Waals surface area contributed by atoms with Gasteiger partial charge in [0.15, 0.2) is 0 Å². The van der Waals surface area contributed by atoms with Crippen molar-refractivity contribution in [1.82, 2.24) is 15.1 Å². The molecule has 0 spiro atoms. The quantitative estimate of drug-likeness (QED) is 0.782. The summed E-state index contributed by atoms with van der Waals surface area (Å²) in [6.45, 7) is 4.98. The van der Waals surface area contributed by atoms with Crippen LogP contribution in [-0.2, 0) is 0 Å². The van der Waals surface area contributed by atoms with Gasteiger partial charge in [-0.15, -0.1) is 0 Å². The van der Waals surface area contributed by atoms with E-state index in [0.29, 0.717) is 5.54 Å². The van der Waals surface area contributed by atoms with Crippen molar-refractivity contribution in [3.8, 4) is 0 Å². The molecule has 1 saturated carbocycles. The van der Waals surface area contributed by atoms with Crippen LogP contribution in [0.4, 0.5) is 0 Å². The monoisotopic (exact) mass is 239 g/mol. The second-order valence-electron chi connectivity index (χ2n) is 6.36. The molecule has 1 heterocycles. The van der Waals surface area contributed by atoms with Crippen molar-refractivity contribution in [1.29, 1.82) is 0 Å². The SMILES string of the molecule is CN(CC1CCNCC1)CC1(N(C)C)CCC1. The van der Waals surface area contributed by atoms with E-state index in [9.17, 15) is 0 Å². The molecule has 0 radical (unpaired) electrons. The standard InChI is InChI=1S/C14H29N3/c1-16(2)14(7-4-8-14)12-17(3)11-13-5-9-15-10-6-13/h13,15H,4-12H2,1-3H3. The van der Waals surface area contributed by atoms with E-state index in [1.807, 2.05) is 0 Å². The van der Waals surface area contributed by atoms with Crippen LogP contribution < -0.4 is 5.32 Å². The van der Waals surface area contributed by atoms with Crippen LogP contribution in [0.2, 0.25) is 0 Å². The van der Waals surface area contributed by atoms with E-state index in [1.54, 1.807) is 0 Å². The van der Waals surface area contributed by atoms with Crippen molar-refractivity contribution in [2.24, 2.45) is 5.92 Å². The normalized spacial score (nSPS) is 25.2. The average molecular weight is 239 g/mol. The first kappa shape index (κ1) is 13.3. The van der Waals surface area contributed by atoms with Gasteiger partial charge in [-0.3, -0.25) is 0 Å². The molecule has 0 aromatic carbocycles. The topological polar surface area (TPSA) is 18.5 Å². The lowest BCUT2D eigenvalue weighted by molar-refractivity contribution is 0.0228. The van der Waals surface area contributed by atoms with Crippen molar-refractivity contribution in [2.45, 2.75) is 37.6 Å². The fourth-order valence-electron chi connectivity index (χ4n) is 3.40. The van der Waals surface area contributed by atoms with E-state index < -0.39 is 0 Å². The summed E-state index contributed by atoms with van der Waals surface area (Å²) in [6, 6.07) is 0. The molecule has 2 aliphatic rings. The van der Waals surface area contributed by atoms with Crippen LogP contribution in [0.3, 0.4) is 0 Å². The summed E-state index contributed by atoms with van der Waals surface area (Å²) < 4.78 is 0. The highest BCUT2D eigenvalue weighted by Gasteiger charge is 2.39. The summed E-state index contributed by atoms with van der Waals surface area (Å²) in [4.78, 5) is 5.03. The third-order valence-corrected chi connectivity index (χ3v) is 4.83. The van der Waals surface area contributed by atoms with Gasteiger partial charge in [0.1, 0.15) is 0 Å². The molecule has 2 fully saturated rings. The number of nitrogens with zero attached hydrogens (tertiary/aromatic N) is 2. The van der Waals surface area contributed by atoms with Gasteiger partial charge >= 0.3 is 0 Å². The van der Waals surface area contributed by atoms with Gasteiger partial charge in [0.2, 0.25) is 0 Å². The van der Waals surface area contributed by atoms with E-state index in [4.69, 9.17) is 0 Å². The van der Waals surface area contributed by atoms with Crippen LogP contribution in [0.1, 0.15) is 32.1 Å². The minimum atomic E-state index is 0.488. The Morgan fingerprint density at radius 1 is 1.12 bits per heavy atom. The smallest absolute Gasteiger partial charge is 0.0330 e. The van der Waals surface area contributed by atoms with E-state index in [2.05, 4.69) is 36.3 Å². The molecule has 3 heteroatoms. The summed E-state index contributed by atoms with van der Waals surface area (Å²) in [6.07, 6.45) is 6.91. The van der Waals surface area contributed by atoms with E-state index in [1.165, 1.54) is 58.3 Å². The summed E-state index contributed by atoms with van der Waals surface area (Å²) in [5, 5.41) is 3.45. The summed E-state index contributed by atoms with van der Waals surface area (Å²) in [5.74, 6) is 0.917. The first-order valence-electron chi connectivity index (χ1n) is 7.19.